The van der Waals surface area contributed by atoms with Crippen LogP contribution in [0.1, 0.15) is 31.7 Å². The first-order valence-corrected chi connectivity index (χ1v) is 6.76. The van der Waals surface area contributed by atoms with Gasteiger partial charge in [0.2, 0.25) is 0 Å². The fourth-order valence-corrected chi connectivity index (χ4v) is 2.54. The van der Waals surface area contributed by atoms with Crippen LogP contribution >= 0.6 is 0 Å². The third-order valence-electron chi connectivity index (χ3n) is 3.84. The van der Waals surface area contributed by atoms with Crippen LogP contribution in [0, 0.1) is 6.92 Å². The van der Waals surface area contributed by atoms with Crippen molar-refractivity contribution in [3.63, 3.8) is 0 Å². The molecule has 2 atom stereocenters. The van der Waals surface area contributed by atoms with Gasteiger partial charge >= 0.3 is 5.97 Å². The normalized spacial score (nSPS) is 26.9. The monoisotopic (exact) mass is 263 g/mol. The van der Waals surface area contributed by atoms with Crippen molar-refractivity contribution in [2.24, 2.45) is 0 Å². The van der Waals surface area contributed by atoms with Gasteiger partial charge in [-0.05, 0) is 25.0 Å². The zero-order valence-electron chi connectivity index (χ0n) is 11.5. The van der Waals surface area contributed by atoms with E-state index in [1.165, 1.54) is 0 Å². The summed E-state index contributed by atoms with van der Waals surface area (Å²) < 4.78 is 5.60. The molecule has 1 aliphatic heterocycles. The summed E-state index contributed by atoms with van der Waals surface area (Å²) in [7, 11) is 0. The molecule has 0 spiro atoms. The molecule has 1 fully saturated rings. The molecule has 2 rings (SSSR count). The molecule has 1 aliphatic rings. The van der Waals surface area contributed by atoms with Crippen LogP contribution in [-0.2, 0) is 9.53 Å². The van der Waals surface area contributed by atoms with Crippen LogP contribution in [0.15, 0.2) is 24.3 Å². The van der Waals surface area contributed by atoms with Gasteiger partial charge in [0.25, 0.3) is 0 Å². The predicted octanol–water partition coefficient (Wildman–Crippen LogP) is 2.82. The van der Waals surface area contributed by atoms with E-state index in [0.717, 1.165) is 17.7 Å². The van der Waals surface area contributed by atoms with Crippen molar-refractivity contribution in [1.82, 2.24) is 0 Å². The van der Waals surface area contributed by atoms with Crippen LogP contribution < -0.4 is 5.32 Å². The molecule has 0 saturated carbocycles. The molecule has 0 aromatic heterocycles. The average molecular weight is 263 g/mol. The number of nitrogens with one attached hydrogen (secondary N) is 1. The molecule has 0 bridgehead atoms. The number of aryl methyl sites for hydroxylation is 1. The van der Waals surface area contributed by atoms with Gasteiger partial charge < -0.3 is 15.2 Å². The van der Waals surface area contributed by atoms with E-state index in [0.29, 0.717) is 19.4 Å². The molecule has 0 radical (unpaired) electrons. The molecule has 19 heavy (non-hydrogen) atoms. The predicted molar refractivity (Wildman–Crippen MR) is 74.4 cm³/mol. The molecule has 2 unspecified atom stereocenters. The Kier molecular flexibility index (Phi) is 4.10. The van der Waals surface area contributed by atoms with Crippen molar-refractivity contribution in [2.45, 2.75) is 44.8 Å². The van der Waals surface area contributed by atoms with Gasteiger partial charge in [-0.15, -0.1) is 0 Å². The highest BCUT2D eigenvalue weighted by Crippen LogP contribution is 2.31. The van der Waals surface area contributed by atoms with E-state index in [-0.39, 0.29) is 6.10 Å². The minimum absolute atomic E-state index is 0.0152. The Balaban J connectivity index is 2.25. The highest BCUT2D eigenvalue weighted by atomic mass is 16.5. The van der Waals surface area contributed by atoms with Crippen molar-refractivity contribution in [3.8, 4) is 0 Å². The van der Waals surface area contributed by atoms with Crippen molar-refractivity contribution >= 4 is 11.7 Å². The summed E-state index contributed by atoms with van der Waals surface area (Å²) in [6.07, 6.45) is 1.85. The zero-order valence-corrected chi connectivity index (χ0v) is 11.5. The lowest BCUT2D eigenvalue weighted by Gasteiger charge is -2.39. The molecule has 1 heterocycles. The van der Waals surface area contributed by atoms with E-state index in [2.05, 4.69) is 5.32 Å². The highest BCUT2D eigenvalue weighted by Gasteiger charge is 2.43. The molecule has 4 heteroatoms. The number of hydrogen-bond acceptors (Lipinski definition) is 3. The second-order valence-corrected chi connectivity index (χ2v) is 5.18. The van der Waals surface area contributed by atoms with Gasteiger partial charge in [0.1, 0.15) is 5.54 Å². The lowest BCUT2D eigenvalue weighted by atomic mass is 9.85. The smallest absolute Gasteiger partial charge is 0.329 e. The first-order valence-electron chi connectivity index (χ1n) is 6.76. The standard InChI is InChI=1S/C15H21NO3/c1-3-12-10-15(14(17)18,8-9-19-12)16-13-7-5-4-6-11(13)2/h4-7,12,16H,3,8-10H2,1-2H3,(H,17,18). The summed E-state index contributed by atoms with van der Waals surface area (Å²) in [5.41, 5.74) is 1.04. The van der Waals surface area contributed by atoms with Gasteiger partial charge in [0.05, 0.1) is 6.10 Å². The largest absolute Gasteiger partial charge is 0.480 e. The summed E-state index contributed by atoms with van der Waals surface area (Å²) in [4.78, 5) is 11.7. The number of carboxylic acid groups (broad SMARTS) is 1. The number of carbonyl (C=O) groups is 1. The van der Waals surface area contributed by atoms with Gasteiger partial charge in [-0.1, -0.05) is 25.1 Å². The first-order chi connectivity index (χ1) is 9.07. The van der Waals surface area contributed by atoms with Gasteiger partial charge in [-0.3, -0.25) is 0 Å². The Bertz CT molecular complexity index is 460. The fraction of sp³-hybridized carbons (Fsp3) is 0.533. The first kappa shape index (κ1) is 13.9. The van der Waals surface area contributed by atoms with Crippen molar-refractivity contribution < 1.29 is 14.6 Å². The number of anilines is 1. The minimum Gasteiger partial charge on any atom is -0.480 e. The summed E-state index contributed by atoms with van der Waals surface area (Å²) in [6.45, 7) is 4.49. The second-order valence-electron chi connectivity index (χ2n) is 5.18. The lowest BCUT2D eigenvalue weighted by Crippen LogP contribution is -2.53. The summed E-state index contributed by atoms with van der Waals surface area (Å²) in [6, 6.07) is 7.78. The second kappa shape index (κ2) is 5.61. The number of carboxylic acids is 1. The molecule has 0 aliphatic carbocycles. The number of ether oxygens (including phenoxy) is 1. The van der Waals surface area contributed by atoms with E-state index in [4.69, 9.17) is 4.74 Å². The summed E-state index contributed by atoms with van der Waals surface area (Å²) in [5, 5.41) is 12.9. The molecule has 0 amide bonds. The van der Waals surface area contributed by atoms with E-state index in [1.54, 1.807) is 0 Å². The molecule has 1 aromatic rings. The maximum Gasteiger partial charge on any atom is 0.329 e. The molecular weight excluding hydrogens is 242 g/mol. The van der Waals surface area contributed by atoms with Crippen LogP contribution in [0.2, 0.25) is 0 Å². The van der Waals surface area contributed by atoms with Gasteiger partial charge in [0, 0.05) is 25.1 Å². The molecular formula is C15H21NO3. The SMILES string of the molecule is CCC1CC(Nc2ccccc2C)(C(=O)O)CCO1. The van der Waals surface area contributed by atoms with Crippen LogP contribution in [-0.4, -0.2) is 29.3 Å². The quantitative estimate of drug-likeness (QED) is 0.877. The number of para-hydroxylation sites is 1. The molecule has 104 valence electrons. The number of rotatable bonds is 4. The Morgan fingerprint density at radius 3 is 2.89 bits per heavy atom. The van der Waals surface area contributed by atoms with Gasteiger partial charge in [0.15, 0.2) is 0 Å². The Labute approximate surface area is 113 Å². The number of benzene rings is 1. The van der Waals surface area contributed by atoms with E-state index in [9.17, 15) is 9.90 Å². The van der Waals surface area contributed by atoms with Crippen LogP contribution in [0.3, 0.4) is 0 Å². The third-order valence-corrected chi connectivity index (χ3v) is 3.84. The van der Waals surface area contributed by atoms with Crippen LogP contribution in [0.4, 0.5) is 5.69 Å². The number of aliphatic carboxylic acids is 1. The lowest BCUT2D eigenvalue weighted by molar-refractivity contribution is -0.148. The van der Waals surface area contributed by atoms with Crippen molar-refractivity contribution in [1.29, 1.82) is 0 Å². The molecule has 1 saturated heterocycles. The average Bonchev–Trinajstić information content (AvgIpc) is 2.41. The molecule has 2 N–H and O–H groups in total. The molecule has 4 nitrogen and oxygen atoms in total. The summed E-state index contributed by atoms with van der Waals surface area (Å²) >= 11 is 0. The van der Waals surface area contributed by atoms with E-state index >= 15 is 0 Å². The summed E-state index contributed by atoms with van der Waals surface area (Å²) in [5.74, 6) is -0.794. The molecule has 1 aromatic carbocycles. The van der Waals surface area contributed by atoms with E-state index in [1.807, 2.05) is 38.1 Å². The maximum absolute atomic E-state index is 11.7. The van der Waals surface area contributed by atoms with Crippen molar-refractivity contribution in [3.05, 3.63) is 29.8 Å². The third kappa shape index (κ3) is 2.89. The Hall–Kier alpha value is -1.55. The van der Waals surface area contributed by atoms with E-state index < -0.39 is 11.5 Å². The minimum atomic E-state index is -0.912. The highest BCUT2D eigenvalue weighted by molar-refractivity contribution is 5.83. The Morgan fingerprint density at radius 1 is 1.53 bits per heavy atom. The van der Waals surface area contributed by atoms with Gasteiger partial charge in [-0.25, -0.2) is 4.79 Å². The Morgan fingerprint density at radius 2 is 2.26 bits per heavy atom. The van der Waals surface area contributed by atoms with Gasteiger partial charge in [-0.2, -0.15) is 0 Å². The topological polar surface area (TPSA) is 58.6 Å². The zero-order chi connectivity index (χ0) is 13.9. The number of hydrogen-bond donors (Lipinski definition) is 2. The fourth-order valence-electron chi connectivity index (χ4n) is 2.54. The van der Waals surface area contributed by atoms with Crippen LogP contribution in [0.25, 0.3) is 0 Å². The maximum atomic E-state index is 11.7. The van der Waals surface area contributed by atoms with Crippen LogP contribution in [0.5, 0.6) is 0 Å². The van der Waals surface area contributed by atoms with Crippen molar-refractivity contribution in [2.75, 3.05) is 11.9 Å².